The first-order valence-corrected chi connectivity index (χ1v) is 10.9. The number of amides is 2. The Bertz CT molecular complexity index is 1310. The van der Waals surface area contributed by atoms with Gasteiger partial charge in [-0.1, -0.05) is 18.2 Å². The van der Waals surface area contributed by atoms with Crippen molar-refractivity contribution in [3.63, 3.8) is 0 Å². The molecule has 2 aromatic heterocycles. The highest BCUT2D eigenvalue weighted by Crippen LogP contribution is 2.45. The van der Waals surface area contributed by atoms with Gasteiger partial charge in [-0.3, -0.25) is 5.10 Å². The third kappa shape index (κ3) is 4.08. The summed E-state index contributed by atoms with van der Waals surface area (Å²) >= 11 is 0. The third-order valence-corrected chi connectivity index (χ3v) is 6.17. The van der Waals surface area contributed by atoms with Gasteiger partial charge in [0.05, 0.1) is 11.9 Å². The Kier molecular flexibility index (Phi) is 5.46. The number of rotatable bonds is 3. The fourth-order valence-corrected chi connectivity index (χ4v) is 4.39. The van der Waals surface area contributed by atoms with Crippen LogP contribution in [0.15, 0.2) is 45.9 Å². The minimum atomic E-state index is -4.93. The summed E-state index contributed by atoms with van der Waals surface area (Å²) in [5, 5.41) is 13.6. The van der Waals surface area contributed by atoms with Gasteiger partial charge >= 0.3 is 12.2 Å². The number of anilines is 1. The molecule has 13 heteroatoms. The molecule has 0 fully saturated rings. The molecule has 8 nitrogen and oxygen atoms in total. The van der Waals surface area contributed by atoms with E-state index in [4.69, 9.17) is 5.14 Å². The maximum Gasteiger partial charge on any atom is 0.434 e. The van der Waals surface area contributed by atoms with Crippen LogP contribution < -0.4 is 10.5 Å². The number of H-pyrrole nitrogens is 1. The van der Waals surface area contributed by atoms with Crippen molar-refractivity contribution in [2.24, 2.45) is 9.50 Å². The SMILES string of the molecule is NS(=O)(=NC(=O)Nc1c2c(nc(C(F)(F)F)c1-c1ccccc1F)CCC2)c1ccn[nH]1. The average Bonchev–Trinajstić information content (AvgIpc) is 3.39. The van der Waals surface area contributed by atoms with Crippen molar-refractivity contribution in [3.8, 4) is 11.1 Å². The number of urea groups is 1. The lowest BCUT2D eigenvalue weighted by Crippen LogP contribution is -2.20. The molecule has 0 saturated carbocycles. The summed E-state index contributed by atoms with van der Waals surface area (Å²) < 4.78 is 72.2. The normalized spacial score (nSPS) is 15.2. The van der Waals surface area contributed by atoms with Gasteiger partial charge in [0, 0.05) is 16.8 Å². The minimum Gasteiger partial charge on any atom is -0.304 e. The van der Waals surface area contributed by atoms with Gasteiger partial charge < -0.3 is 5.32 Å². The van der Waals surface area contributed by atoms with E-state index in [1.54, 1.807) is 0 Å². The summed E-state index contributed by atoms with van der Waals surface area (Å²) in [6.07, 6.45) is -2.60. The number of aryl methyl sites for hydroxylation is 1. The summed E-state index contributed by atoms with van der Waals surface area (Å²) in [6.45, 7) is 0. The van der Waals surface area contributed by atoms with E-state index in [9.17, 15) is 26.6 Å². The lowest BCUT2D eigenvalue weighted by Gasteiger charge is -2.20. The molecular formula is C19H16F4N6O2S. The van der Waals surface area contributed by atoms with E-state index in [1.165, 1.54) is 24.4 Å². The van der Waals surface area contributed by atoms with Gasteiger partial charge in [-0.25, -0.2) is 23.5 Å². The van der Waals surface area contributed by atoms with Crippen molar-refractivity contribution in [1.82, 2.24) is 15.2 Å². The zero-order chi connectivity index (χ0) is 23.1. The van der Waals surface area contributed by atoms with Gasteiger partial charge in [0.2, 0.25) is 0 Å². The van der Waals surface area contributed by atoms with Gasteiger partial charge in [-0.05, 0) is 37.0 Å². The topological polar surface area (TPSA) is 126 Å². The summed E-state index contributed by atoms with van der Waals surface area (Å²) in [5.74, 6) is -0.926. The number of alkyl halides is 3. The van der Waals surface area contributed by atoms with Crippen molar-refractivity contribution in [3.05, 3.63) is 59.3 Å². The zero-order valence-corrected chi connectivity index (χ0v) is 17.1. The van der Waals surface area contributed by atoms with Crippen molar-refractivity contribution < 1.29 is 26.6 Å². The molecule has 1 aliphatic carbocycles. The number of carbonyl (C=O) groups excluding carboxylic acids is 1. The Morgan fingerprint density at radius 2 is 1.97 bits per heavy atom. The number of nitrogens with one attached hydrogen (secondary N) is 2. The predicted molar refractivity (Wildman–Crippen MR) is 107 cm³/mol. The second kappa shape index (κ2) is 7.98. The number of aromatic amines is 1. The van der Waals surface area contributed by atoms with Crippen LogP contribution in [0.2, 0.25) is 0 Å². The first kappa shape index (κ1) is 21.9. The van der Waals surface area contributed by atoms with E-state index in [-0.39, 0.29) is 28.4 Å². The monoisotopic (exact) mass is 468 g/mol. The molecule has 0 spiro atoms. The van der Waals surface area contributed by atoms with Crippen molar-refractivity contribution >= 4 is 21.6 Å². The van der Waals surface area contributed by atoms with Crippen LogP contribution in [-0.2, 0) is 28.9 Å². The van der Waals surface area contributed by atoms with E-state index in [0.717, 1.165) is 12.1 Å². The number of fused-ring (bicyclic) bond motifs is 1. The molecule has 168 valence electrons. The Labute approximate surface area is 179 Å². The number of nitrogens with zero attached hydrogens (tertiary/aromatic N) is 3. The average molecular weight is 468 g/mol. The quantitative estimate of drug-likeness (QED) is 0.501. The molecule has 4 rings (SSSR count). The minimum absolute atomic E-state index is 0.141. The number of hydrogen-bond donors (Lipinski definition) is 3. The Hall–Kier alpha value is -3.32. The Morgan fingerprint density at radius 3 is 2.62 bits per heavy atom. The second-order valence-electron chi connectivity index (χ2n) is 6.98. The molecule has 1 aromatic carbocycles. The molecule has 3 aromatic rings. The van der Waals surface area contributed by atoms with Crippen molar-refractivity contribution in [2.75, 3.05) is 5.32 Å². The molecule has 0 aliphatic heterocycles. The van der Waals surface area contributed by atoms with Crippen LogP contribution in [0.25, 0.3) is 11.1 Å². The highest BCUT2D eigenvalue weighted by Gasteiger charge is 2.40. The van der Waals surface area contributed by atoms with E-state index in [0.29, 0.717) is 18.4 Å². The molecule has 0 radical (unpaired) electrons. The Morgan fingerprint density at radius 1 is 1.22 bits per heavy atom. The highest BCUT2D eigenvalue weighted by atomic mass is 32.2. The van der Waals surface area contributed by atoms with E-state index >= 15 is 0 Å². The van der Waals surface area contributed by atoms with Gasteiger partial charge in [0.15, 0.2) is 15.6 Å². The van der Waals surface area contributed by atoms with Crippen LogP contribution in [0.1, 0.15) is 23.4 Å². The largest absolute Gasteiger partial charge is 0.434 e. The third-order valence-electron chi connectivity index (χ3n) is 4.88. The molecule has 0 saturated heterocycles. The first-order valence-electron chi connectivity index (χ1n) is 9.31. The maximum absolute atomic E-state index is 14.6. The van der Waals surface area contributed by atoms with Gasteiger partial charge in [0.25, 0.3) is 0 Å². The number of hydrogen-bond acceptors (Lipinski definition) is 4. The second-order valence-corrected chi connectivity index (χ2v) is 8.74. The standard InChI is InChI=1S/C19H16F4N6O2S/c20-12-6-2-1-4-10(12)15-16(11-5-3-7-13(11)26-17(15)19(21,22)23)27-18(30)29-32(24,31)14-8-9-25-28-14/h1-2,4,6,8-9H,3,5,7H2,(H,25,28)(H3,24,26,27,29,30,31). The predicted octanol–water partition coefficient (Wildman–Crippen LogP) is 4.05. The Balaban J connectivity index is 1.92. The summed E-state index contributed by atoms with van der Waals surface area (Å²) in [5.41, 5.74) is -2.14. The maximum atomic E-state index is 14.6. The van der Waals surface area contributed by atoms with Crippen LogP contribution in [0.5, 0.6) is 0 Å². The lowest BCUT2D eigenvalue weighted by molar-refractivity contribution is -0.140. The van der Waals surface area contributed by atoms with Crippen molar-refractivity contribution in [1.29, 1.82) is 0 Å². The summed E-state index contributed by atoms with van der Waals surface area (Å²) in [7, 11) is -3.74. The molecule has 32 heavy (non-hydrogen) atoms. The fraction of sp³-hybridized carbons (Fsp3) is 0.211. The first-order chi connectivity index (χ1) is 15.1. The molecule has 2 heterocycles. The van der Waals surface area contributed by atoms with Crippen molar-refractivity contribution in [2.45, 2.75) is 30.5 Å². The summed E-state index contributed by atoms with van der Waals surface area (Å²) in [4.78, 5) is 16.3. The number of nitrogens with two attached hydrogens (primary N) is 1. The summed E-state index contributed by atoms with van der Waals surface area (Å²) in [6, 6.07) is 4.85. The molecule has 4 N–H and O–H groups in total. The molecule has 0 bridgehead atoms. The van der Waals surface area contributed by atoms with Crippen LogP contribution >= 0.6 is 0 Å². The molecule has 2 amide bonds. The number of carbonyl (C=O) groups is 1. The molecular weight excluding hydrogens is 452 g/mol. The molecule has 1 atom stereocenters. The smallest absolute Gasteiger partial charge is 0.304 e. The van der Waals surface area contributed by atoms with E-state index < -0.39 is 39.2 Å². The van der Waals surface area contributed by atoms with Crippen LogP contribution in [0.4, 0.5) is 28.0 Å². The zero-order valence-electron chi connectivity index (χ0n) is 16.2. The lowest BCUT2D eigenvalue weighted by atomic mass is 9.97. The van der Waals surface area contributed by atoms with Crippen LogP contribution in [0.3, 0.4) is 0 Å². The van der Waals surface area contributed by atoms with E-state index in [1.807, 2.05) is 0 Å². The van der Waals surface area contributed by atoms with Crippen LogP contribution in [0, 0.1) is 5.82 Å². The number of benzene rings is 1. The number of pyridine rings is 1. The molecule has 1 aliphatic rings. The van der Waals surface area contributed by atoms with Crippen LogP contribution in [-0.4, -0.2) is 25.4 Å². The van der Waals surface area contributed by atoms with E-state index in [2.05, 4.69) is 24.9 Å². The number of halogens is 4. The molecule has 1 unspecified atom stereocenters. The van der Waals surface area contributed by atoms with Gasteiger partial charge in [-0.2, -0.15) is 18.3 Å². The highest BCUT2D eigenvalue weighted by molar-refractivity contribution is 7.91. The fourth-order valence-electron chi connectivity index (χ4n) is 3.56. The van der Waals surface area contributed by atoms with Gasteiger partial charge in [-0.15, -0.1) is 4.36 Å². The van der Waals surface area contributed by atoms with Gasteiger partial charge in [0.1, 0.15) is 10.8 Å². The number of aromatic nitrogens is 3.